The highest BCUT2D eigenvalue weighted by Gasteiger charge is 2.21. The van der Waals surface area contributed by atoms with E-state index in [0.29, 0.717) is 36.4 Å². The Bertz CT molecular complexity index is 970. The van der Waals surface area contributed by atoms with Crippen molar-refractivity contribution in [2.45, 2.75) is 13.1 Å². The third kappa shape index (κ3) is 5.44. The molecule has 2 heterocycles. The number of nitrogens with zero attached hydrogens (tertiary/aromatic N) is 4. The molecule has 30 heavy (non-hydrogen) atoms. The summed E-state index contributed by atoms with van der Waals surface area (Å²) < 4.78 is 5.40. The zero-order valence-corrected chi connectivity index (χ0v) is 17.4. The monoisotopic (exact) mass is 425 g/mol. The summed E-state index contributed by atoms with van der Waals surface area (Å²) in [4.78, 5) is 21.1. The van der Waals surface area contributed by atoms with E-state index in [9.17, 15) is 4.79 Å². The Hall–Kier alpha value is -2.74. The Morgan fingerprint density at radius 3 is 2.47 bits per heavy atom. The van der Waals surface area contributed by atoms with E-state index in [4.69, 9.17) is 16.1 Å². The molecule has 0 spiro atoms. The number of benzene rings is 2. The van der Waals surface area contributed by atoms with Crippen molar-refractivity contribution in [2.75, 3.05) is 32.7 Å². The van der Waals surface area contributed by atoms with Crippen LogP contribution in [0.3, 0.4) is 0 Å². The lowest BCUT2D eigenvalue weighted by Gasteiger charge is -2.33. The lowest BCUT2D eigenvalue weighted by molar-refractivity contribution is -0.122. The maximum atomic E-state index is 12.2. The number of carbonyl (C=O) groups excluding carboxylic acids is 1. The van der Waals surface area contributed by atoms with Crippen molar-refractivity contribution in [2.24, 2.45) is 0 Å². The van der Waals surface area contributed by atoms with E-state index < -0.39 is 0 Å². The van der Waals surface area contributed by atoms with Crippen molar-refractivity contribution < 1.29 is 9.32 Å². The van der Waals surface area contributed by atoms with Gasteiger partial charge in [0.05, 0.1) is 18.1 Å². The quantitative estimate of drug-likeness (QED) is 0.627. The van der Waals surface area contributed by atoms with Gasteiger partial charge in [0.2, 0.25) is 17.6 Å². The molecule has 1 aliphatic heterocycles. The van der Waals surface area contributed by atoms with E-state index in [-0.39, 0.29) is 5.91 Å². The maximum absolute atomic E-state index is 12.2. The van der Waals surface area contributed by atoms with Crippen LogP contribution in [-0.2, 0) is 17.9 Å². The molecule has 1 aromatic heterocycles. The SMILES string of the molecule is O=C(CN1CCN(Cc2nc(-c3ccccc3Cl)no2)CC1)NCc1ccccc1. The van der Waals surface area contributed by atoms with Crippen LogP contribution in [0.15, 0.2) is 59.1 Å². The smallest absolute Gasteiger partial charge is 0.241 e. The van der Waals surface area contributed by atoms with E-state index in [0.717, 1.165) is 37.3 Å². The third-order valence-electron chi connectivity index (χ3n) is 5.11. The van der Waals surface area contributed by atoms with Crippen LogP contribution in [0.25, 0.3) is 11.4 Å². The van der Waals surface area contributed by atoms with Gasteiger partial charge in [0.25, 0.3) is 0 Å². The van der Waals surface area contributed by atoms with E-state index in [1.807, 2.05) is 54.6 Å². The number of aromatic nitrogens is 2. The first-order valence-corrected chi connectivity index (χ1v) is 10.4. The van der Waals surface area contributed by atoms with Crippen molar-refractivity contribution in [3.8, 4) is 11.4 Å². The van der Waals surface area contributed by atoms with Crippen molar-refractivity contribution in [1.82, 2.24) is 25.3 Å². The van der Waals surface area contributed by atoms with E-state index in [1.54, 1.807) is 0 Å². The summed E-state index contributed by atoms with van der Waals surface area (Å²) in [6, 6.07) is 17.4. The van der Waals surface area contributed by atoms with Crippen LogP contribution in [0.4, 0.5) is 0 Å². The predicted octanol–water partition coefficient (Wildman–Crippen LogP) is 2.82. The molecule has 0 saturated carbocycles. The standard InChI is InChI=1S/C22H24ClN5O2/c23-19-9-5-4-8-18(19)22-25-21(30-26-22)16-28-12-10-27(11-13-28)15-20(29)24-14-17-6-2-1-3-7-17/h1-9H,10-16H2,(H,24,29). The summed E-state index contributed by atoms with van der Waals surface area (Å²) in [6.07, 6.45) is 0. The van der Waals surface area contributed by atoms with Crippen LogP contribution in [0.5, 0.6) is 0 Å². The molecule has 1 aliphatic rings. The topological polar surface area (TPSA) is 74.5 Å². The lowest BCUT2D eigenvalue weighted by Crippen LogP contribution is -2.49. The van der Waals surface area contributed by atoms with Gasteiger partial charge in [-0.1, -0.05) is 59.2 Å². The average Bonchev–Trinajstić information content (AvgIpc) is 3.23. The molecule has 1 N–H and O–H groups in total. The molecule has 0 unspecified atom stereocenters. The fraction of sp³-hybridized carbons (Fsp3) is 0.318. The third-order valence-corrected chi connectivity index (χ3v) is 5.44. The number of piperazine rings is 1. The first-order valence-electron chi connectivity index (χ1n) is 10.0. The zero-order valence-electron chi connectivity index (χ0n) is 16.6. The Morgan fingerprint density at radius 1 is 1.00 bits per heavy atom. The number of hydrogen-bond donors (Lipinski definition) is 1. The molecule has 1 amide bonds. The maximum Gasteiger partial charge on any atom is 0.241 e. The second-order valence-corrected chi connectivity index (χ2v) is 7.71. The molecule has 1 fully saturated rings. The minimum atomic E-state index is 0.0496. The van der Waals surface area contributed by atoms with Gasteiger partial charge in [0.1, 0.15) is 0 Å². The molecule has 2 aromatic carbocycles. The molecule has 7 nitrogen and oxygen atoms in total. The normalized spacial score (nSPS) is 15.2. The Balaban J connectivity index is 1.21. The minimum Gasteiger partial charge on any atom is -0.351 e. The predicted molar refractivity (Wildman–Crippen MR) is 115 cm³/mol. The van der Waals surface area contributed by atoms with Gasteiger partial charge in [-0.15, -0.1) is 0 Å². The summed E-state index contributed by atoms with van der Waals surface area (Å²) in [5.41, 5.74) is 1.87. The second kappa shape index (κ2) is 9.84. The fourth-order valence-corrected chi connectivity index (χ4v) is 3.64. The van der Waals surface area contributed by atoms with Crippen LogP contribution < -0.4 is 5.32 Å². The van der Waals surface area contributed by atoms with Gasteiger partial charge in [-0.3, -0.25) is 14.6 Å². The molecular weight excluding hydrogens is 402 g/mol. The first-order chi connectivity index (χ1) is 14.7. The van der Waals surface area contributed by atoms with Gasteiger partial charge in [-0.05, 0) is 17.7 Å². The number of carbonyl (C=O) groups is 1. The summed E-state index contributed by atoms with van der Waals surface area (Å²) in [5, 5.41) is 7.63. The van der Waals surface area contributed by atoms with Crippen LogP contribution in [0.1, 0.15) is 11.5 Å². The van der Waals surface area contributed by atoms with E-state index in [2.05, 4.69) is 25.3 Å². The second-order valence-electron chi connectivity index (χ2n) is 7.31. The highest BCUT2D eigenvalue weighted by molar-refractivity contribution is 6.33. The van der Waals surface area contributed by atoms with Gasteiger partial charge in [0, 0.05) is 38.3 Å². The molecule has 4 rings (SSSR count). The van der Waals surface area contributed by atoms with Crippen molar-refractivity contribution >= 4 is 17.5 Å². The summed E-state index contributed by atoms with van der Waals surface area (Å²) >= 11 is 6.20. The van der Waals surface area contributed by atoms with E-state index in [1.165, 1.54) is 0 Å². The minimum absolute atomic E-state index is 0.0496. The van der Waals surface area contributed by atoms with Gasteiger partial charge in [-0.2, -0.15) is 4.98 Å². The molecular formula is C22H24ClN5O2. The zero-order chi connectivity index (χ0) is 20.8. The number of amides is 1. The largest absolute Gasteiger partial charge is 0.351 e. The number of rotatable bonds is 7. The number of halogens is 1. The fourth-order valence-electron chi connectivity index (χ4n) is 3.42. The molecule has 1 saturated heterocycles. The van der Waals surface area contributed by atoms with Gasteiger partial charge >= 0.3 is 0 Å². The van der Waals surface area contributed by atoms with E-state index >= 15 is 0 Å². The number of nitrogens with one attached hydrogen (secondary N) is 1. The van der Waals surface area contributed by atoms with Crippen molar-refractivity contribution in [1.29, 1.82) is 0 Å². The summed E-state index contributed by atoms with van der Waals surface area (Å²) in [7, 11) is 0. The molecule has 0 atom stereocenters. The highest BCUT2D eigenvalue weighted by atomic mass is 35.5. The van der Waals surface area contributed by atoms with Crippen LogP contribution >= 0.6 is 11.6 Å². The molecule has 156 valence electrons. The molecule has 0 aliphatic carbocycles. The first kappa shape index (κ1) is 20.5. The Kier molecular flexibility index (Phi) is 6.74. The molecule has 0 bridgehead atoms. The molecule has 8 heteroatoms. The summed E-state index contributed by atoms with van der Waals surface area (Å²) in [5.74, 6) is 1.12. The summed E-state index contributed by atoms with van der Waals surface area (Å²) in [6.45, 7) is 4.90. The van der Waals surface area contributed by atoms with Crippen molar-refractivity contribution in [3.05, 3.63) is 71.1 Å². The Labute approximate surface area is 180 Å². The van der Waals surface area contributed by atoms with Crippen LogP contribution in [0, 0.1) is 0 Å². The average molecular weight is 426 g/mol. The highest BCUT2D eigenvalue weighted by Crippen LogP contribution is 2.25. The lowest BCUT2D eigenvalue weighted by atomic mass is 10.2. The van der Waals surface area contributed by atoms with Gasteiger partial charge < -0.3 is 9.84 Å². The van der Waals surface area contributed by atoms with Crippen LogP contribution in [0.2, 0.25) is 5.02 Å². The van der Waals surface area contributed by atoms with Crippen molar-refractivity contribution in [3.63, 3.8) is 0 Å². The van der Waals surface area contributed by atoms with Gasteiger partial charge in [0.15, 0.2) is 0 Å². The van der Waals surface area contributed by atoms with Crippen LogP contribution in [-0.4, -0.2) is 58.6 Å². The molecule has 3 aromatic rings. The number of hydrogen-bond acceptors (Lipinski definition) is 6. The van der Waals surface area contributed by atoms with Gasteiger partial charge in [-0.25, -0.2) is 0 Å². The Morgan fingerprint density at radius 2 is 1.70 bits per heavy atom. The molecule has 0 radical (unpaired) electrons.